The van der Waals surface area contributed by atoms with Crippen molar-refractivity contribution in [2.24, 2.45) is 0 Å². The predicted octanol–water partition coefficient (Wildman–Crippen LogP) is 2.65. The molecule has 0 spiro atoms. The molecule has 4 nitrogen and oxygen atoms in total. The van der Waals surface area contributed by atoms with Crippen LogP contribution in [0.25, 0.3) is 6.08 Å². The molecular weight excluding hydrogens is 262 g/mol. The molecule has 0 amide bonds. The van der Waals surface area contributed by atoms with Gasteiger partial charge < -0.3 is 9.92 Å². The Morgan fingerprint density at radius 1 is 0.947 bits per heavy atom. The first-order chi connectivity index (χ1) is 9.09. The third kappa shape index (κ3) is 3.35. The number of para-hydroxylation sites is 1. The van der Waals surface area contributed by atoms with Crippen LogP contribution in [-0.4, -0.2) is 8.42 Å². The van der Waals surface area contributed by atoms with E-state index >= 15 is 0 Å². The number of nitrogen functional groups attached to an aromatic ring is 1. The van der Waals surface area contributed by atoms with Crippen molar-refractivity contribution in [3.63, 3.8) is 0 Å². The van der Waals surface area contributed by atoms with E-state index in [9.17, 15) is 8.42 Å². The second-order valence-corrected chi connectivity index (χ2v) is 5.34. The minimum Gasteiger partial charge on any atom is -0.398 e. The molecule has 0 saturated heterocycles. The van der Waals surface area contributed by atoms with Crippen molar-refractivity contribution < 1.29 is 12.6 Å². The molecule has 2 rings (SSSR count). The van der Waals surface area contributed by atoms with Crippen LogP contribution in [0.4, 0.5) is 5.69 Å². The SMILES string of the molecule is Nc1ccccc1S(=O)(=O)OC=Cc1ccccc1. The van der Waals surface area contributed by atoms with Gasteiger partial charge in [0.15, 0.2) is 0 Å². The van der Waals surface area contributed by atoms with Gasteiger partial charge in [0.25, 0.3) is 0 Å². The number of nitrogens with two attached hydrogens (primary N) is 1. The van der Waals surface area contributed by atoms with E-state index < -0.39 is 10.1 Å². The Morgan fingerprint density at radius 3 is 2.26 bits per heavy atom. The molecule has 2 aromatic rings. The van der Waals surface area contributed by atoms with Gasteiger partial charge in [0.2, 0.25) is 0 Å². The third-order valence-electron chi connectivity index (χ3n) is 2.43. The largest absolute Gasteiger partial charge is 0.398 e. The number of rotatable bonds is 4. The van der Waals surface area contributed by atoms with Crippen molar-refractivity contribution in [1.29, 1.82) is 0 Å². The van der Waals surface area contributed by atoms with E-state index in [1.165, 1.54) is 12.1 Å². The van der Waals surface area contributed by atoms with Gasteiger partial charge in [-0.15, -0.1) is 0 Å². The molecule has 0 fully saturated rings. The molecule has 0 aliphatic heterocycles. The van der Waals surface area contributed by atoms with E-state index in [-0.39, 0.29) is 10.6 Å². The summed E-state index contributed by atoms with van der Waals surface area (Å²) < 4.78 is 28.6. The lowest BCUT2D eigenvalue weighted by molar-refractivity contribution is 0.446. The zero-order valence-electron chi connectivity index (χ0n) is 10.1. The summed E-state index contributed by atoms with van der Waals surface area (Å²) in [5.41, 5.74) is 6.61. The molecule has 98 valence electrons. The number of anilines is 1. The average molecular weight is 275 g/mol. The molecule has 2 N–H and O–H groups in total. The summed E-state index contributed by atoms with van der Waals surface area (Å²) in [4.78, 5) is -0.0345. The Bertz CT molecular complexity index is 679. The molecule has 0 atom stereocenters. The van der Waals surface area contributed by atoms with Crippen molar-refractivity contribution in [1.82, 2.24) is 0 Å². The van der Waals surface area contributed by atoms with Gasteiger partial charge in [-0.05, 0) is 23.8 Å². The highest BCUT2D eigenvalue weighted by molar-refractivity contribution is 7.87. The van der Waals surface area contributed by atoms with Gasteiger partial charge in [-0.25, -0.2) is 0 Å². The van der Waals surface area contributed by atoms with Crippen molar-refractivity contribution in [3.05, 3.63) is 66.4 Å². The van der Waals surface area contributed by atoms with Crippen LogP contribution in [0.2, 0.25) is 0 Å². The molecule has 0 aromatic heterocycles. The highest BCUT2D eigenvalue weighted by Gasteiger charge is 2.16. The summed E-state index contributed by atoms with van der Waals surface area (Å²) in [6, 6.07) is 15.4. The topological polar surface area (TPSA) is 69.4 Å². The number of benzene rings is 2. The molecule has 5 heteroatoms. The molecule has 0 unspecified atom stereocenters. The van der Waals surface area contributed by atoms with Gasteiger partial charge in [0, 0.05) is 0 Å². The maximum atomic E-state index is 11.9. The monoisotopic (exact) mass is 275 g/mol. The van der Waals surface area contributed by atoms with Crippen LogP contribution >= 0.6 is 0 Å². The normalized spacial score (nSPS) is 11.6. The third-order valence-corrected chi connectivity index (χ3v) is 3.71. The lowest BCUT2D eigenvalue weighted by Crippen LogP contribution is -2.05. The zero-order chi connectivity index (χ0) is 13.7. The summed E-state index contributed by atoms with van der Waals surface area (Å²) in [5.74, 6) is 0. The minimum absolute atomic E-state index is 0.0345. The van der Waals surface area contributed by atoms with Crippen molar-refractivity contribution in [3.8, 4) is 0 Å². The van der Waals surface area contributed by atoms with Crippen LogP contribution < -0.4 is 5.73 Å². The van der Waals surface area contributed by atoms with Crippen molar-refractivity contribution >= 4 is 21.9 Å². The lowest BCUT2D eigenvalue weighted by Gasteiger charge is -2.05. The van der Waals surface area contributed by atoms with E-state index in [2.05, 4.69) is 0 Å². The van der Waals surface area contributed by atoms with E-state index in [4.69, 9.17) is 9.92 Å². The Kier molecular flexibility index (Phi) is 3.87. The molecular formula is C14H13NO3S. The fourth-order valence-corrected chi connectivity index (χ4v) is 2.41. The van der Waals surface area contributed by atoms with E-state index in [1.807, 2.05) is 30.3 Å². The second kappa shape index (κ2) is 5.58. The number of hydrogen-bond donors (Lipinski definition) is 1. The molecule has 0 radical (unpaired) electrons. The molecule has 2 aromatic carbocycles. The summed E-state index contributed by atoms with van der Waals surface area (Å²) in [5, 5.41) is 0. The average Bonchev–Trinajstić information content (AvgIpc) is 2.40. The maximum absolute atomic E-state index is 11.9. The molecule has 0 aliphatic rings. The van der Waals surface area contributed by atoms with Crippen molar-refractivity contribution in [2.75, 3.05) is 5.73 Å². The highest BCUT2D eigenvalue weighted by Crippen LogP contribution is 2.19. The van der Waals surface area contributed by atoms with Gasteiger partial charge in [0.05, 0.1) is 5.69 Å². The van der Waals surface area contributed by atoms with Gasteiger partial charge in [-0.1, -0.05) is 42.5 Å². The van der Waals surface area contributed by atoms with E-state index in [1.54, 1.807) is 18.2 Å². The molecule has 19 heavy (non-hydrogen) atoms. The van der Waals surface area contributed by atoms with Gasteiger partial charge in [-0.2, -0.15) is 8.42 Å². The van der Waals surface area contributed by atoms with Gasteiger partial charge in [-0.3, -0.25) is 0 Å². The maximum Gasteiger partial charge on any atom is 0.340 e. The fourth-order valence-electron chi connectivity index (χ4n) is 1.50. The lowest BCUT2D eigenvalue weighted by atomic mass is 10.2. The summed E-state index contributed by atoms with van der Waals surface area (Å²) in [6.07, 6.45) is 2.70. The minimum atomic E-state index is -3.87. The standard InChI is InChI=1S/C14H13NO3S/c15-13-8-4-5-9-14(13)19(16,17)18-11-10-12-6-2-1-3-7-12/h1-11H,15H2. The van der Waals surface area contributed by atoms with Crippen LogP contribution in [0.15, 0.2) is 65.8 Å². The summed E-state index contributed by atoms with van der Waals surface area (Å²) in [7, 11) is -3.87. The first kappa shape index (κ1) is 13.2. The molecule has 0 heterocycles. The van der Waals surface area contributed by atoms with E-state index in [0.717, 1.165) is 11.8 Å². The van der Waals surface area contributed by atoms with Crippen LogP contribution in [0.5, 0.6) is 0 Å². The van der Waals surface area contributed by atoms with E-state index in [0.29, 0.717) is 0 Å². The van der Waals surface area contributed by atoms with Crippen LogP contribution in [-0.2, 0) is 14.3 Å². The fraction of sp³-hybridized carbons (Fsp3) is 0. The second-order valence-electron chi connectivity index (χ2n) is 3.80. The van der Waals surface area contributed by atoms with Crippen LogP contribution in [0.1, 0.15) is 5.56 Å². The Morgan fingerprint density at radius 2 is 1.58 bits per heavy atom. The smallest absolute Gasteiger partial charge is 0.340 e. The molecule has 0 aliphatic carbocycles. The van der Waals surface area contributed by atoms with Crippen LogP contribution in [0.3, 0.4) is 0 Å². The first-order valence-corrected chi connectivity index (χ1v) is 7.00. The Labute approximate surface area is 112 Å². The summed E-state index contributed by atoms with van der Waals surface area (Å²) in [6.45, 7) is 0. The van der Waals surface area contributed by atoms with Crippen molar-refractivity contribution in [2.45, 2.75) is 4.90 Å². The summed E-state index contributed by atoms with van der Waals surface area (Å²) >= 11 is 0. The zero-order valence-corrected chi connectivity index (χ0v) is 10.9. The van der Waals surface area contributed by atoms with Gasteiger partial charge >= 0.3 is 10.1 Å². The number of hydrogen-bond acceptors (Lipinski definition) is 4. The Balaban J connectivity index is 2.15. The highest BCUT2D eigenvalue weighted by atomic mass is 32.2. The first-order valence-electron chi connectivity index (χ1n) is 5.59. The predicted molar refractivity (Wildman–Crippen MR) is 74.6 cm³/mol. The molecule has 0 saturated carbocycles. The van der Waals surface area contributed by atoms with Gasteiger partial charge in [0.1, 0.15) is 11.2 Å². The quantitative estimate of drug-likeness (QED) is 0.529. The Hall–Kier alpha value is -2.27. The van der Waals surface area contributed by atoms with Crippen LogP contribution in [0, 0.1) is 0 Å². The molecule has 0 bridgehead atoms.